The molecule has 0 spiro atoms. The van der Waals surface area contributed by atoms with Crippen LogP contribution in [0.5, 0.6) is 11.5 Å². The van der Waals surface area contributed by atoms with E-state index in [1.54, 1.807) is 38.5 Å². The van der Waals surface area contributed by atoms with E-state index >= 15 is 0 Å². The fourth-order valence-corrected chi connectivity index (χ4v) is 2.81. The van der Waals surface area contributed by atoms with Crippen LogP contribution >= 0.6 is 22.9 Å². The molecule has 2 aromatic rings. The summed E-state index contributed by atoms with van der Waals surface area (Å²) in [5.41, 5.74) is 0.662. The maximum Gasteiger partial charge on any atom is 0.229 e. The summed E-state index contributed by atoms with van der Waals surface area (Å²) in [5.74, 6) is 1.09. The molecular formula is C14H14ClNO3S. The van der Waals surface area contributed by atoms with Crippen LogP contribution in [0.2, 0.25) is 4.34 Å². The molecule has 0 unspecified atom stereocenters. The van der Waals surface area contributed by atoms with E-state index in [9.17, 15) is 4.79 Å². The fourth-order valence-electron chi connectivity index (χ4n) is 1.72. The summed E-state index contributed by atoms with van der Waals surface area (Å²) in [4.78, 5) is 12.8. The van der Waals surface area contributed by atoms with Gasteiger partial charge in [0.2, 0.25) is 5.91 Å². The maximum absolute atomic E-state index is 11.9. The number of ether oxygens (including phenoxy) is 2. The monoisotopic (exact) mass is 311 g/mol. The van der Waals surface area contributed by atoms with Crippen LogP contribution in [0, 0.1) is 0 Å². The maximum atomic E-state index is 11.9. The second-order valence-electron chi connectivity index (χ2n) is 4.00. The van der Waals surface area contributed by atoms with Gasteiger partial charge in [-0.1, -0.05) is 11.6 Å². The summed E-state index contributed by atoms with van der Waals surface area (Å²) in [7, 11) is 3.12. The Bertz CT molecular complexity index is 612. The van der Waals surface area contributed by atoms with Gasteiger partial charge in [0.1, 0.15) is 0 Å². The van der Waals surface area contributed by atoms with Crippen LogP contribution < -0.4 is 14.8 Å². The molecule has 1 heterocycles. The first-order valence-electron chi connectivity index (χ1n) is 5.88. The van der Waals surface area contributed by atoms with E-state index in [0.29, 0.717) is 27.9 Å². The minimum Gasteiger partial charge on any atom is -0.493 e. The number of halogens is 1. The third-order valence-corrected chi connectivity index (χ3v) is 3.86. The largest absolute Gasteiger partial charge is 0.493 e. The SMILES string of the molecule is COc1ccc(NC(=O)Cc2ccc(Cl)s2)cc1OC. The molecule has 0 aliphatic heterocycles. The molecule has 2 rings (SSSR count). The van der Waals surface area contributed by atoms with E-state index in [0.717, 1.165) is 4.88 Å². The molecule has 1 amide bonds. The first kappa shape index (κ1) is 14.7. The van der Waals surface area contributed by atoms with Gasteiger partial charge >= 0.3 is 0 Å². The van der Waals surface area contributed by atoms with Crippen LogP contribution in [0.3, 0.4) is 0 Å². The second kappa shape index (κ2) is 6.63. The number of methoxy groups -OCH3 is 2. The van der Waals surface area contributed by atoms with Gasteiger partial charge in [-0.3, -0.25) is 4.79 Å². The second-order valence-corrected chi connectivity index (χ2v) is 5.80. The van der Waals surface area contributed by atoms with Crippen molar-refractivity contribution in [2.45, 2.75) is 6.42 Å². The molecule has 6 heteroatoms. The Hall–Kier alpha value is -1.72. The van der Waals surface area contributed by atoms with Crippen LogP contribution in [0.25, 0.3) is 0 Å². The average molecular weight is 312 g/mol. The zero-order chi connectivity index (χ0) is 14.5. The quantitative estimate of drug-likeness (QED) is 0.917. The van der Waals surface area contributed by atoms with E-state index in [4.69, 9.17) is 21.1 Å². The van der Waals surface area contributed by atoms with Crippen LogP contribution in [-0.4, -0.2) is 20.1 Å². The summed E-state index contributed by atoms with van der Waals surface area (Å²) in [6.45, 7) is 0. The molecule has 0 aliphatic carbocycles. The Kier molecular flexibility index (Phi) is 4.87. The number of rotatable bonds is 5. The van der Waals surface area contributed by atoms with E-state index in [1.807, 2.05) is 6.07 Å². The molecule has 0 atom stereocenters. The van der Waals surface area contributed by atoms with E-state index < -0.39 is 0 Å². The highest BCUT2D eigenvalue weighted by atomic mass is 35.5. The minimum absolute atomic E-state index is 0.101. The molecule has 0 saturated carbocycles. The van der Waals surface area contributed by atoms with Gasteiger partial charge in [-0.15, -0.1) is 11.3 Å². The molecule has 0 fully saturated rings. The average Bonchev–Trinajstić information content (AvgIpc) is 2.83. The smallest absolute Gasteiger partial charge is 0.229 e. The van der Waals surface area contributed by atoms with Gasteiger partial charge in [0.15, 0.2) is 11.5 Å². The van der Waals surface area contributed by atoms with Crippen molar-refractivity contribution in [3.8, 4) is 11.5 Å². The molecule has 1 N–H and O–H groups in total. The van der Waals surface area contributed by atoms with E-state index in [2.05, 4.69) is 5.32 Å². The standard InChI is InChI=1S/C14H14ClNO3S/c1-18-11-5-3-9(7-12(11)19-2)16-14(17)8-10-4-6-13(15)20-10/h3-7H,8H2,1-2H3,(H,16,17). The lowest BCUT2D eigenvalue weighted by Gasteiger charge is -2.10. The van der Waals surface area contributed by atoms with Crippen molar-refractivity contribution in [2.24, 2.45) is 0 Å². The number of nitrogens with one attached hydrogen (secondary N) is 1. The zero-order valence-corrected chi connectivity index (χ0v) is 12.7. The van der Waals surface area contributed by atoms with Gasteiger partial charge in [0, 0.05) is 16.6 Å². The Morgan fingerprint density at radius 3 is 2.55 bits per heavy atom. The van der Waals surface area contributed by atoms with Gasteiger partial charge in [0.25, 0.3) is 0 Å². The van der Waals surface area contributed by atoms with Crippen LogP contribution in [0.4, 0.5) is 5.69 Å². The lowest BCUT2D eigenvalue weighted by atomic mass is 10.2. The van der Waals surface area contributed by atoms with Crippen LogP contribution in [0.1, 0.15) is 4.88 Å². The van der Waals surface area contributed by atoms with Crippen molar-refractivity contribution in [3.05, 3.63) is 39.5 Å². The highest BCUT2D eigenvalue weighted by molar-refractivity contribution is 7.16. The number of anilines is 1. The molecule has 106 valence electrons. The molecule has 1 aromatic heterocycles. The number of carbonyl (C=O) groups excluding carboxylic acids is 1. The van der Waals surface area contributed by atoms with Crippen LogP contribution in [0.15, 0.2) is 30.3 Å². The van der Waals surface area contributed by atoms with Gasteiger partial charge in [-0.05, 0) is 24.3 Å². The van der Waals surface area contributed by atoms with Gasteiger partial charge < -0.3 is 14.8 Å². The molecule has 4 nitrogen and oxygen atoms in total. The molecule has 0 aliphatic rings. The third kappa shape index (κ3) is 3.65. The predicted octanol–water partition coefficient (Wildman–Crippen LogP) is 3.60. The lowest BCUT2D eigenvalue weighted by molar-refractivity contribution is -0.115. The van der Waals surface area contributed by atoms with Crippen molar-refractivity contribution in [1.29, 1.82) is 0 Å². The zero-order valence-electron chi connectivity index (χ0n) is 11.1. The van der Waals surface area contributed by atoms with Crippen molar-refractivity contribution in [2.75, 3.05) is 19.5 Å². The molecule has 1 aromatic carbocycles. The highest BCUT2D eigenvalue weighted by Gasteiger charge is 2.09. The molecular weight excluding hydrogens is 298 g/mol. The van der Waals surface area contributed by atoms with Crippen molar-refractivity contribution in [3.63, 3.8) is 0 Å². The molecule has 20 heavy (non-hydrogen) atoms. The van der Waals surface area contributed by atoms with Gasteiger partial charge in [0.05, 0.1) is 25.0 Å². The number of benzene rings is 1. The van der Waals surface area contributed by atoms with Crippen LogP contribution in [-0.2, 0) is 11.2 Å². The number of hydrogen-bond donors (Lipinski definition) is 1. The number of amides is 1. The lowest BCUT2D eigenvalue weighted by Crippen LogP contribution is -2.13. The van der Waals surface area contributed by atoms with Gasteiger partial charge in [-0.25, -0.2) is 0 Å². The Labute approximate surface area is 126 Å². The molecule has 0 radical (unpaired) electrons. The Morgan fingerprint density at radius 1 is 1.20 bits per heavy atom. The number of thiophene rings is 1. The molecule has 0 bridgehead atoms. The summed E-state index contributed by atoms with van der Waals surface area (Å²) >= 11 is 7.23. The minimum atomic E-state index is -0.101. The normalized spacial score (nSPS) is 10.2. The summed E-state index contributed by atoms with van der Waals surface area (Å²) < 4.78 is 11.0. The number of hydrogen-bond acceptors (Lipinski definition) is 4. The first-order chi connectivity index (χ1) is 9.62. The summed E-state index contributed by atoms with van der Waals surface area (Å²) in [5, 5.41) is 2.81. The van der Waals surface area contributed by atoms with E-state index in [-0.39, 0.29) is 5.91 Å². The topological polar surface area (TPSA) is 47.6 Å². The number of carbonyl (C=O) groups is 1. The fraction of sp³-hybridized carbons (Fsp3) is 0.214. The van der Waals surface area contributed by atoms with Gasteiger partial charge in [-0.2, -0.15) is 0 Å². The first-order valence-corrected chi connectivity index (χ1v) is 7.08. The Morgan fingerprint density at radius 2 is 1.95 bits per heavy atom. The van der Waals surface area contributed by atoms with E-state index in [1.165, 1.54) is 11.3 Å². The summed E-state index contributed by atoms with van der Waals surface area (Å²) in [6.07, 6.45) is 0.297. The predicted molar refractivity (Wildman–Crippen MR) is 81.2 cm³/mol. The molecule has 0 saturated heterocycles. The van der Waals surface area contributed by atoms with Crippen molar-refractivity contribution < 1.29 is 14.3 Å². The third-order valence-electron chi connectivity index (χ3n) is 2.63. The summed E-state index contributed by atoms with van der Waals surface area (Å²) in [6, 6.07) is 8.86. The van der Waals surface area contributed by atoms with Crippen molar-refractivity contribution >= 4 is 34.5 Å². The Balaban J connectivity index is 2.04. The highest BCUT2D eigenvalue weighted by Crippen LogP contribution is 2.30. The van der Waals surface area contributed by atoms with Crippen molar-refractivity contribution in [1.82, 2.24) is 0 Å².